The third-order valence-electron chi connectivity index (χ3n) is 2.91. The minimum atomic E-state index is -0.278. The van der Waals surface area contributed by atoms with E-state index >= 15 is 0 Å². The molecule has 5 heteroatoms. The Balaban J connectivity index is 2.14. The summed E-state index contributed by atoms with van der Waals surface area (Å²) in [7, 11) is 2.08. The molecule has 0 aliphatic carbocycles. The Bertz CT molecular complexity index is 260. The Hall–Kier alpha value is -0.940. The first-order chi connectivity index (χ1) is 8.11. The molecule has 1 rings (SSSR count). The van der Waals surface area contributed by atoms with E-state index in [0.29, 0.717) is 19.6 Å². The number of ether oxygens (including phenoxy) is 1. The Morgan fingerprint density at radius 2 is 1.76 bits per heavy atom. The molecule has 1 aliphatic heterocycles. The molecule has 1 aliphatic rings. The van der Waals surface area contributed by atoms with Crippen LogP contribution in [0.15, 0.2) is 0 Å². The summed E-state index contributed by atoms with van der Waals surface area (Å²) in [5, 5.41) is 0. The number of piperazine rings is 1. The van der Waals surface area contributed by atoms with Crippen LogP contribution in [-0.2, 0) is 14.3 Å². The van der Waals surface area contributed by atoms with Crippen molar-refractivity contribution in [3.63, 3.8) is 0 Å². The van der Waals surface area contributed by atoms with Crippen molar-refractivity contribution in [2.45, 2.75) is 19.8 Å². The van der Waals surface area contributed by atoms with Gasteiger partial charge in [-0.15, -0.1) is 0 Å². The molecule has 0 N–H and O–H groups in total. The van der Waals surface area contributed by atoms with Crippen molar-refractivity contribution in [3.05, 3.63) is 0 Å². The van der Waals surface area contributed by atoms with Crippen LogP contribution in [0.2, 0.25) is 0 Å². The summed E-state index contributed by atoms with van der Waals surface area (Å²) in [6.45, 7) is 6.49. The maximum absolute atomic E-state index is 11.6. The van der Waals surface area contributed by atoms with Crippen LogP contribution >= 0.6 is 0 Å². The van der Waals surface area contributed by atoms with Gasteiger partial charge in [0.1, 0.15) is 5.78 Å². The van der Waals surface area contributed by atoms with Gasteiger partial charge in [-0.3, -0.25) is 14.5 Å². The second-order valence-corrected chi connectivity index (χ2v) is 4.42. The van der Waals surface area contributed by atoms with Gasteiger partial charge in [-0.2, -0.15) is 0 Å². The molecule has 0 bridgehead atoms. The van der Waals surface area contributed by atoms with Gasteiger partial charge in [0.25, 0.3) is 0 Å². The molecule has 0 atom stereocenters. The lowest BCUT2D eigenvalue weighted by molar-refractivity contribution is -0.144. The molecule has 5 nitrogen and oxygen atoms in total. The van der Waals surface area contributed by atoms with E-state index in [1.165, 1.54) is 0 Å². The summed E-state index contributed by atoms with van der Waals surface area (Å²) in [6.07, 6.45) is 0.506. The minimum absolute atomic E-state index is 0.127. The largest absolute Gasteiger partial charge is 0.466 e. The molecule has 0 unspecified atom stereocenters. The Morgan fingerprint density at radius 1 is 1.12 bits per heavy atom. The van der Waals surface area contributed by atoms with Gasteiger partial charge in [-0.25, -0.2) is 0 Å². The first kappa shape index (κ1) is 14.1. The van der Waals surface area contributed by atoms with E-state index in [9.17, 15) is 9.59 Å². The molecular weight excluding hydrogens is 220 g/mol. The Morgan fingerprint density at radius 3 is 2.35 bits per heavy atom. The number of carbonyl (C=O) groups excluding carboxylic acids is 2. The van der Waals surface area contributed by atoms with Gasteiger partial charge in [0.05, 0.1) is 19.6 Å². The summed E-state index contributed by atoms with van der Waals surface area (Å²) in [5.41, 5.74) is 0. The lowest BCUT2D eigenvalue weighted by atomic mass is 10.2. The molecule has 0 aromatic carbocycles. The minimum Gasteiger partial charge on any atom is -0.466 e. The summed E-state index contributed by atoms with van der Waals surface area (Å²) in [4.78, 5) is 27.1. The normalized spacial score (nSPS) is 18.0. The zero-order valence-corrected chi connectivity index (χ0v) is 10.8. The predicted octanol–water partition coefficient (Wildman–Crippen LogP) is 0.146. The fraction of sp³-hybridized carbons (Fsp3) is 0.833. The SMILES string of the molecule is CCOC(=O)CCC(=O)CN1CCN(C)CC1. The average Bonchev–Trinajstić information content (AvgIpc) is 2.30. The molecule has 0 aromatic heterocycles. The van der Waals surface area contributed by atoms with Gasteiger partial charge in [0.2, 0.25) is 0 Å². The zero-order chi connectivity index (χ0) is 12.7. The lowest BCUT2D eigenvalue weighted by Crippen LogP contribution is -2.46. The summed E-state index contributed by atoms with van der Waals surface area (Å²) in [6, 6.07) is 0. The maximum atomic E-state index is 11.6. The molecular formula is C12H22N2O3. The molecule has 1 heterocycles. The number of ketones is 1. The highest BCUT2D eigenvalue weighted by Crippen LogP contribution is 2.01. The number of carbonyl (C=O) groups is 2. The van der Waals surface area contributed by atoms with Crippen LogP contribution in [0.25, 0.3) is 0 Å². The van der Waals surface area contributed by atoms with E-state index in [1.807, 2.05) is 0 Å². The van der Waals surface area contributed by atoms with Gasteiger partial charge in [-0.1, -0.05) is 0 Å². The van der Waals surface area contributed by atoms with E-state index < -0.39 is 0 Å². The maximum Gasteiger partial charge on any atom is 0.306 e. The molecule has 0 saturated carbocycles. The molecule has 0 amide bonds. The number of Topliss-reactive ketones (excluding diaryl/α,β-unsaturated/α-hetero) is 1. The van der Waals surface area contributed by atoms with Crippen LogP contribution in [-0.4, -0.2) is 67.9 Å². The van der Waals surface area contributed by atoms with Gasteiger partial charge >= 0.3 is 5.97 Å². The van der Waals surface area contributed by atoms with Crippen molar-refractivity contribution in [2.75, 3.05) is 46.4 Å². The summed E-state index contributed by atoms with van der Waals surface area (Å²) >= 11 is 0. The van der Waals surface area contributed by atoms with Crippen LogP contribution in [0, 0.1) is 0 Å². The number of rotatable bonds is 6. The van der Waals surface area contributed by atoms with Gasteiger partial charge < -0.3 is 9.64 Å². The van der Waals surface area contributed by atoms with Crippen molar-refractivity contribution in [3.8, 4) is 0 Å². The number of esters is 1. The van der Waals surface area contributed by atoms with E-state index in [1.54, 1.807) is 6.92 Å². The van der Waals surface area contributed by atoms with Gasteiger partial charge in [0, 0.05) is 32.6 Å². The molecule has 17 heavy (non-hydrogen) atoms. The van der Waals surface area contributed by atoms with Crippen molar-refractivity contribution in [2.24, 2.45) is 0 Å². The van der Waals surface area contributed by atoms with Crippen molar-refractivity contribution in [1.29, 1.82) is 0 Å². The van der Waals surface area contributed by atoms with E-state index in [2.05, 4.69) is 16.8 Å². The Labute approximate surface area is 103 Å². The van der Waals surface area contributed by atoms with E-state index in [4.69, 9.17) is 4.74 Å². The van der Waals surface area contributed by atoms with Gasteiger partial charge in [-0.05, 0) is 14.0 Å². The standard InChI is InChI=1S/C12H22N2O3/c1-3-17-12(16)5-4-11(15)10-14-8-6-13(2)7-9-14/h3-10H2,1-2H3. The van der Waals surface area contributed by atoms with E-state index in [0.717, 1.165) is 26.2 Å². The molecule has 0 aromatic rings. The number of nitrogens with zero attached hydrogens (tertiary/aromatic N) is 2. The topological polar surface area (TPSA) is 49.9 Å². The lowest BCUT2D eigenvalue weighted by Gasteiger charge is -2.31. The first-order valence-corrected chi connectivity index (χ1v) is 6.20. The highest BCUT2D eigenvalue weighted by molar-refractivity contribution is 5.84. The molecule has 0 spiro atoms. The fourth-order valence-electron chi connectivity index (χ4n) is 1.81. The van der Waals surface area contributed by atoms with Gasteiger partial charge in [0.15, 0.2) is 0 Å². The second kappa shape index (κ2) is 7.40. The van der Waals surface area contributed by atoms with Crippen molar-refractivity contribution < 1.29 is 14.3 Å². The second-order valence-electron chi connectivity index (χ2n) is 4.42. The van der Waals surface area contributed by atoms with Crippen molar-refractivity contribution >= 4 is 11.8 Å². The quantitative estimate of drug-likeness (QED) is 0.620. The van der Waals surface area contributed by atoms with Crippen molar-refractivity contribution in [1.82, 2.24) is 9.80 Å². The molecule has 98 valence electrons. The first-order valence-electron chi connectivity index (χ1n) is 6.20. The average molecular weight is 242 g/mol. The Kier molecular flexibility index (Phi) is 6.15. The smallest absolute Gasteiger partial charge is 0.306 e. The number of likely N-dealkylation sites (N-methyl/N-ethyl adjacent to an activating group) is 1. The van der Waals surface area contributed by atoms with Crippen LogP contribution < -0.4 is 0 Å². The highest BCUT2D eigenvalue weighted by Gasteiger charge is 2.17. The molecule has 0 radical (unpaired) electrons. The third-order valence-corrected chi connectivity index (χ3v) is 2.91. The summed E-state index contributed by atoms with van der Waals surface area (Å²) < 4.78 is 4.78. The number of hydrogen-bond acceptors (Lipinski definition) is 5. The fourth-order valence-corrected chi connectivity index (χ4v) is 1.81. The predicted molar refractivity (Wildman–Crippen MR) is 64.8 cm³/mol. The monoisotopic (exact) mass is 242 g/mol. The van der Waals surface area contributed by atoms with E-state index in [-0.39, 0.29) is 18.2 Å². The zero-order valence-electron chi connectivity index (χ0n) is 10.8. The number of hydrogen-bond donors (Lipinski definition) is 0. The molecule has 1 saturated heterocycles. The third kappa shape index (κ3) is 5.79. The van der Waals surface area contributed by atoms with Crippen LogP contribution in [0.1, 0.15) is 19.8 Å². The summed E-state index contributed by atoms with van der Waals surface area (Å²) in [5.74, 6) is -0.151. The van der Waals surface area contributed by atoms with Crippen LogP contribution in [0.4, 0.5) is 0 Å². The van der Waals surface area contributed by atoms with Crippen LogP contribution in [0.5, 0.6) is 0 Å². The van der Waals surface area contributed by atoms with Crippen LogP contribution in [0.3, 0.4) is 0 Å². The molecule has 1 fully saturated rings. The highest BCUT2D eigenvalue weighted by atomic mass is 16.5.